The van der Waals surface area contributed by atoms with Crippen LogP contribution >= 0.6 is 0 Å². The standard InChI is InChI=1S/C25H23N3O4/c26-25(31)24(21-9-8-18-4-1-2-5-20(18)15-21)32-22-14-17(16-28-13-3-12-27-28)6-7-19(22)10-11-23(29)30/h1-9,12-15,24H,10-11,16H2,(H2,26,31)(H,29,30). The first-order valence-electron chi connectivity index (χ1n) is 10.3. The molecule has 0 aliphatic carbocycles. The van der Waals surface area contributed by atoms with Gasteiger partial charge in [-0.25, -0.2) is 0 Å². The number of aliphatic carboxylic acids is 1. The predicted octanol–water partition coefficient (Wildman–Crippen LogP) is 3.71. The Labute approximate surface area is 185 Å². The Kier molecular flexibility index (Phi) is 6.17. The summed E-state index contributed by atoms with van der Waals surface area (Å²) in [5.41, 5.74) is 7.95. The zero-order chi connectivity index (χ0) is 22.5. The Morgan fingerprint density at radius 3 is 2.56 bits per heavy atom. The number of amides is 1. The SMILES string of the molecule is NC(=O)C(Oc1cc(Cn2cccn2)ccc1CCC(=O)O)c1ccc2ccccc2c1. The van der Waals surface area contributed by atoms with E-state index in [0.717, 1.165) is 16.3 Å². The molecule has 1 amide bonds. The van der Waals surface area contributed by atoms with Crippen LogP contribution in [0.25, 0.3) is 10.8 Å². The lowest BCUT2D eigenvalue weighted by Gasteiger charge is -2.20. The van der Waals surface area contributed by atoms with Crippen LogP contribution in [0.4, 0.5) is 0 Å². The quantitative estimate of drug-likeness (QED) is 0.422. The molecule has 1 atom stereocenters. The molecule has 0 saturated heterocycles. The summed E-state index contributed by atoms with van der Waals surface area (Å²) < 4.78 is 7.91. The number of hydrogen-bond donors (Lipinski definition) is 2. The van der Waals surface area contributed by atoms with Gasteiger partial charge in [-0.2, -0.15) is 5.10 Å². The summed E-state index contributed by atoms with van der Waals surface area (Å²) in [4.78, 5) is 23.5. The number of benzene rings is 3. The van der Waals surface area contributed by atoms with Gasteiger partial charge in [-0.3, -0.25) is 14.3 Å². The first kappa shape index (κ1) is 21.1. The zero-order valence-electron chi connectivity index (χ0n) is 17.3. The fourth-order valence-electron chi connectivity index (χ4n) is 3.62. The van der Waals surface area contributed by atoms with Crippen molar-refractivity contribution in [2.75, 3.05) is 0 Å². The highest BCUT2D eigenvalue weighted by Gasteiger charge is 2.22. The Bertz CT molecular complexity index is 1250. The van der Waals surface area contributed by atoms with E-state index in [2.05, 4.69) is 5.10 Å². The molecule has 0 aliphatic rings. The van der Waals surface area contributed by atoms with E-state index >= 15 is 0 Å². The second kappa shape index (κ2) is 9.34. The number of primary amides is 1. The number of nitrogens with two attached hydrogens (primary N) is 1. The van der Waals surface area contributed by atoms with Gasteiger partial charge in [0.2, 0.25) is 6.10 Å². The van der Waals surface area contributed by atoms with Crippen LogP contribution in [0.1, 0.15) is 29.2 Å². The van der Waals surface area contributed by atoms with E-state index < -0.39 is 18.0 Å². The number of rotatable bonds is 9. The number of aryl methyl sites for hydroxylation is 1. The fraction of sp³-hybridized carbons (Fsp3) is 0.160. The van der Waals surface area contributed by atoms with Gasteiger partial charge in [0.25, 0.3) is 5.91 Å². The second-order valence-electron chi connectivity index (χ2n) is 7.55. The number of hydrogen-bond acceptors (Lipinski definition) is 4. The molecule has 1 heterocycles. The molecule has 1 unspecified atom stereocenters. The van der Waals surface area contributed by atoms with Crippen molar-refractivity contribution in [3.8, 4) is 5.75 Å². The van der Waals surface area contributed by atoms with Crippen molar-refractivity contribution in [1.29, 1.82) is 0 Å². The Morgan fingerprint density at radius 2 is 1.84 bits per heavy atom. The summed E-state index contributed by atoms with van der Waals surface area (Å²) in [5.74, 6) is -1.09. The number of carboxylic acid groups (broad SMARTS) is 1. The first-order valence-corrected chi connectivity index (χ1v) is 10.3. The van der Waals surface area contributed by atoms with Gasteiger partial charge in [-0.1, -0.05) is 48.5 Å². The maximum absolute atomic E-state index is 12.3. The smallest absolute Gasteiger partial charge is 0.303 e. The molecule has 162 valence electrons. The third kappa shape index (κ3) is 4.95. The van der Waals surface area contributed by atoms with Crippen molar-refractivity contribution < 1.29 is 19.4 Å². The van der Waals surface area contributed by atoms with Crippen LogP contribution in [-0.2, 0) is 22.6 Å². The number of carbonyl (C=O) groups is 2. The minimum absolute atomic E-state index is 0.0495. The average Bonchev–Trinajstić information content (AvgIpc) is 3.29. The molecule has 0 fully saturated rings. The van der Waals surface area contributed by atoms with Crippen molar-refractivity contribution in [1.82, 2.24) is 9.78 Å². The van der Waals surface area contributed by atoms with Gasteiger partial charge in [0.1, 0.15) is 5.75 Å². The summed E-state index contributed by atoms with van der Waals surface area (Å²) in [7, 11) is 0. The lowest BCUT2D eigenvalue weighted by Crippen LogP contribution is -2.26. The van der Waals surface area contributed by atoms with E-state index in [9.17, 15) is 9.59 Å². The number of ether oxygens (including phenoxy) is 1. The van der Waals surface area contributed by atoms with E-state index in [1.165, 1.54) is 0 Å². The van der Waals surface area contributed by atoms with Crippen LogP contribution in [0.15, 0.2) is 79.1 Å². The van der Waals surface area contributed by atoms with Crippen LogP contribution < -0.4 is 10.5 Å². The number of carbonyl (C=O) groups excluding carboxylic acids is 1. The number of nitrogens with zero attached hydrogens (tertiary/aromatic N) is 2. The highest BCUT2D eigenvalue weighted by Crippen LogP contribution is 2.29. The van der Waals surface area contributed by atoms with Crippen molar-refractivity contribution in [3.05, 3.63) is 95.8 Å². The molecule has 7 nitrogen and oxygen atoms in total. The van der Waals surface area contributed by atoms with Crippen molar-refractivity contribution in [3.63, 3.8) is 0 Å². The van der Waals surface area contributed by atoms with Crippen molar-refractivity contribution >= 4 is 22.6 Å². The molecule has 32 heavy (non-hydrogen) atoms. The van der Waals surface area contributed by atoms with Gasteiger partial charge in [0.15, 0.2) is 0 Å². The number of carboxylic acids is 1. The monoisotopic (exact) mass is 429 g/mol. The first-order chi connectivity index (χ1) is 15.5. The van der Waals surface area contributed by atoms with Gasteiger partial charge >= 0.3 is 5.97 Å². The van der Waals surface area contributed by atoms with E-state index in [1.807, 2.05) is 72.9 Å². The van der Waals surface area contributed by atoms with Crippen LogP contribution in [0.3, 0.4) is 0 Å². The lowest BCUT2D eigenvalue weighted by atomic mass is 10.0. The van der Waals surface area contributed by atoms with E-state index in [1.54, 1.807) is 10.9 Å². The largest absolute Gasteiger partial charge is 0.481 e. The third-order valence-corrected chi connectivity index (χ3v) is 5.22. The van der Waals surface area contributed by atoms with Crippen molar-refractivity contribution in [2.45, 2.75) is 25.5 Å². The minimum atomic E-state index is -1.01. The number of aromatic nitrogens is 2. The summed E-state index contributed by atoms with van der Waals surface area (Å²) in [6, 6.07) is 20.8. The van der Waals surface area contributed by atoms with Crippen LogP contribution in [0.2, 0.25) is 0 Å². The molecule has 7 heteroatoms. The molecule has 3 aromatic carbocycles. The molecule has 4 rings (SSSR count). The summed E-state index contributed by atoms with van der Waals surface area (Å²) in [6.07, 6.45) is 2.76. The van der Waals surface area contributed by atoms with E-state index in [0.29, 0.717) is 23.4 Å². The van der Waals surface area contributed by atoms with Gasteiger partial charge in [0, 0.05) is 24.4 Å². The third-order valence-electron chi connectivity index (χ3n) is 5.22. The Hall–Kier alpha value is -4.13. The average molecular weight is 429 g/mol. The summed E-state index contributed by atoms with van der Waals surface area (Å²) in [6.45, 7) is 0.514. The van der Waals surface area contributed by atoms with E-state index in [4.69, 9.17) is 15.6 Å². The molecule has 0 bridgehead atoms. The molecule has 1 aromatic heterocycles. The number of fused-ring (bicyclic) bond motifs is 1. The Balaban J connectivity index is 1.68. The molecule has 4 aromatic rings. The topological polar surface area (TPSA) is 107 Å². The molecule has 3 N–H and O–H groups in total. The molecular formula is C25H23N3O4. The normalized spacial score (nSPS) is 11.9. The minimum Gasteiger partial charge on any atom is -0.481 e. The maximum Gasteiger partial charge on any atom is 0.303 e. The maximum atomic E-state index is 12.3. The molecule has 0 aliphatic heterocycles. The Morgan fingerprint density at radius 1 is 1.03 bits per heavy atom. The molecule has 0 radical (unpaired) electrons. The molecule has 0 spiro atoms. The van der Waals surface area contributed by atoms with E-state index in [-0.39, 0.29) is 12.8 Å². The van der Waals surface area contributed by atoms with Crippen LogP contribution in [0, 0.1) is 0 Å². The highest BCUT2D eigenvalue weighted by molar-refractivity contribution is 5.86. The lowest BCUT2D eigenvalue weighted by molar-refractivity contribution is -0.137. The van der Waals surface area contributed by atoms with Gasteiger partial charge in [0.05, 0.1) is 6.54 Å². The van der Waals surface area contributed by atoms with Crippen molar-refractivity contribution in [2.24, 2.45) is 5.73 Å². The fourth-order valence-corrected chi connectivity index (χ4v) is 3.62. The van der Waals surface area contributed by atoms with Gasteiger partial charge in [-0.05, 0) is 46.5 Å². The van der Waals surface area contributed by atoms with Gasteiger partial charge < -0.3 is 15.6 Å². The molecular weight excluding hydrogens is 406 g/mol. The van der Waals surface area contributed by atoms with Crippen LogP contribution in [-0.4, -0.2) is 26.8 Å². The summed E-state index contributed by atoms with van der Waals surface area (Å²) in [5, 5.41) is 15.3. The predicted molar refractivity (Wildman–Crippen MR) is 120 cm³/mol. The van der Waals surface area contributed by atoms with Gasteiger partial charge in [-0.15, -0.1) is 0 Å². The van der Waals surface area contributed by atoms with Crippen LogP contribution in [0.5, 0.6) is 5.75 Å². The summed E-state index contributed by atoms with van der Waals surface area (Å²) >= 11 is 0. The zero-order valence-corrected chi connectivity index (χ0v) is 17.3. The highest BCUT2D eigenvalue weighted by atomic mass is 16.5. The molecule has 0 saturated carbocycles. The second-order valence-corrected chi connectivity index (χ2v) is 7.55.